The van der Waals surface area contributed by atoms with Gasteiger partial charge < -0.3 is 4.42 Å². The molecular weight excluding hydrogens is 276 g/mol. The molecule has 0 amide bonds. The molecule has 1 heterocycles. The number of furan rings is 1. The van der Waals surface area contributed by atoms with E-state index in [0.717, 1.165) is 24.8 Å². The molecular formula is C19H20O3. The molecule has 0 radical (unpaired) electrons. The van der Waals surface area contributed by atoms with Crippen LogP contribution in [-0.2, 0) is 4.79 Å². The van der Waals surface area contributed by atoms with Crippen LogP contribution in [0, 0.1) is 0 Å². The van der Waals surface area contributed by atoms with Crippen LogP contribution in [0.1, 0.15) is 55.5 Å². The summed E-state index contributed by atoms with van der Waals surface area (Å²) in [6, 6.07) is 3.32. The minimum absolute atomic E-state index is 0.0375. The van der Waals surface area contributed by atoms with Gasteiger partial charge in [0, 0.05) is 18.4 Å². The van der Waals surface area contributed by atoms with Gasteiger partial charge in [-0.15, -0.1) is 0 Å². The highest BCUT2D eigenvalue weighted by Crippen LogP contribution is 2.31. The first-order valence-electron chi connectivity index (χ1n) is 7.93. The van der Waals surface area contributed by atoms with Gasteiger partial charge in [0.05, 0.1) is 6.26 Å². The maximum Gasteiger partial charge on any atom is 0.198 e. The first-order valence-corrected chi connectivity index (χ1v) is 7.93. The Labute approximate surface area is 130 Å². The van der Waals surface area contributed by atoms with Crippen molar-refractivity contribution in [2.45, 2.75) is 44.9 Å². The molecule has 0 spiro atoms. The van der Waals surface area contributed by atoms with Gasteiger partial charge in [-0.1, -0.05) is 17.7 Å². The van der Waals surface area contributed by atoms with E-state index in [-0.39, 0.29) is 24.4 Å². The van der Waals surface area contributed by atoms with Crippen LogP contribution >= 0.6 is 0 Å². The summed E-state index contributed by atoms with van der Waals surface area (Å²) in [5.41, 5.74) is 3.54. The van der Waals surface area contributed by atoms with Gasteiger partial charge in [0.2, 0.25) is 0 Å². The van der Waals surface area contributed by atoms with Crippen LogP contribution in [0.25, 0.3) is 0 Å². The molecule has 0 unspecified atom stereocenters. The Morgan fingerprint density at radius 2 is 1.91 bits per heavy atom. The molecule has 0 atom stereocenters. The molecule has 0 fully saturated rings. The van der Waals surface area contributed by atoms with Gasteiger partial charge in [0.25, 0.3) is 0 Å². The highest BCUT2D eigenvalue weighted by atomic mass is 16.3. The van der Waals surface area contributed by atoms with Crippen molar-refractivity contribution in [3.63, 3.8) is 0 Å². The zero-order valence-electron chi connectivity index (χ0n) is 12.6. The molecule has 0 saturated heterocycles. The van der Waals surface area contributed by atoms with Gasteiger partial charge in [0.1, 0.15) is 0 Å². The minimum atomic E-state index is -0.117. The van der Waals surface area contributed by atoms with E-state index in [2.05, 4.69) is 6.08 Å². The van der Waals surface area contributed by atoms with Gasteiger partial charge >= 0.3 is 0 Å². The summed E-state index contributed by atoms with van der Waals surface area (Å²) in [7, 11) is 0. The molecule has 3 heteroatoms. The molecule has 0 aliphatic heterocycles. The third-order valence-corrected chi connectivity index (χ3v) is 4.32. The lowest BCUT2D eigenvalue weighted by Crippen LogP contribution is -2.06. The first-order chi connectivity index (χ1) is 10.7. The molecule has 0 bridgehead atoms. The van der Waals surface area contributed by atoms with Crippen molar-refractivity contribution < 1.29 is 14.0 Å². The Morgan fingerprint density at radius 3 is 2.73 bits per heavy atom. The number of carbonyl (C=O) groups excluding carboxylic acids is 2. The quantitative estimate of drug-likeness (QED) is 0.748. The average Bonchev–Trinajstić information content (AvgIpc) is 2.98. The van der Waals surface area contributed by atoms with Crippen molar-refractivity contribution in [2.75, 3.05) is 0 Å². The zero-order chi connectivity index (χ0) is 15.4. The summed E-state index contributed by atoms with van der Waals surface area (Å²) in [6.07, 6.45) is 13.6. The van der Waals surface area contributed by atoms with E-state index < -0.39 is 0 Å². The third kappa shape index (κ3) is 3.35. The lowest BCUT2D eigenvalue weighted by Gasteiger charge is -2.16. The fraction of sp³-hybridized carbons (Fsp3) is 0.368. The predicted molar refractivity (Wildman–Crippen MR) is 84.6 cm³/mol. The second-order valence-corrected chi connectivity index (χ2v) is 5.87. The molecule has 22 heavy (non-hydrogen) atoms. The number of Topliss-reactive ketones (excluding diaryl/α,β-unsaturated/α-hetero) is 2. The van der Waals surface area contributed by atoms with Crippen LogP contribution in [0.15, 0.2) is 57.8 Å². The number of hydrogen-bond acceptors (Lipinski definition) is 3. The SMILES string of the molecule is O=C(CCC(=O)c1ccco1)C1=CC2=C(CC=C1)CCCC2. The summed E-state index contributed by atoms with van der Waals surface area (Å²) in [6.45, 7) is 0. The topological polar surface area (TPSA) is 47.3 Å². The van der Waals surface area contributed by atoms with Crippen molar-refractivity contribution in [3.05, 3.63) is 59.1 Å². The third-order valence-electron chi connectivity index (χ3n) is 4.32. The lowest BCUT2D eigenvalue weighted by atomic mass is 9.89. The van der Waals surface area contributed by atoms with Crippen LogP contribution in [-0.4, -0.2) is 11.6 Å². The number of hydrogen-bond donors (Lipinski definition) is 0. The van der Waals surface area contributed by atoms with E-state index in [1.807, 2.05) is 12.2 Å². The fourth-order valence-electron chi connectivity index (χ4n) is 3.07. The van der Waals surface area contributed by atoms with E-state index in [4.69, 9.17) is 4.42 Å². The highest BCUT2D eigenvalue weighted by molar-refractivity contribution is 6.02. The molecule has 0 aromatic carbocycles. The van der Waals surface area contributed by atoms with Crippen LogP contribution in [0.4, 0.5) is 0 Å². The number of ketones is 2. The first kappa shape index (κ1) is 14.8. The normalized spacial score (nSPS) is 17.7. The van der Waals surface area contributed by atoms with Crippen molar-refractivity contribution in [1.82, 2.24) is 0 Å². The summed E-state index contributed by atoms with van der Waals surface area (Å²) < 4.78 is 5.07. The average molecular weight is 296 g/mol. The van der Waals surface area contributed by atoms with Crippen molar-refractivity contribution in [3.8, 4) is 0 Å². The monoisotopic (exact) mass is 296 g/mol. The van der Waals surface area contributed by atoms with Gasteiger partial charge in [0.15, 0.2) is 17.3 Å². The van der Waals surface area contributed by atoms with Crippen LogP contribution in [0.2, 0.25) is 0 Å². The Balaban J connectivity index is 1.65. The van der Waals surface area contributed by atoms with Gasteiger partial charge in [-0.2, -0.15) is 0 Å². The van der Waals surface area contributed by atoms with Crippen molar-refractivity contribution >= 4 is 11.6 Å². The van der Waals surface area contributed by atoms with Gasteiger partial charge in [-0.25, -0.2) is 0 Å². The summed E-state index contributed by atoms with van der Waals surface area (Å²) in [5, 5.41) is 0. The molecule has 3 rings (SSSR count). The summed E-state index contributed by atoms with van der Waals surface area (Å²) in [4.78, 5) is 24.3. The Morgan fingerprint density at radius 1 is 1.09 bits per heavy atom. The van der Waals surface area contributed by atoms with Crippen molar-refractivity contribution in [2.24, 2.45) is 0 Å². The molecule has 1 aromatic heterocycles. The highest BCUT2D eigenvalue weighted by Gasteiger charge is 2.17. The smallest absolute Gasteiger partial charge is 0.198 e. The molecule has 114 valence electrons. The summed E-state index contributed by atoms with van der Waals surface area (Å²) in [5.74, 6) is 0.250. The van der Waals surface area contributed by atoms with Gasteiger partial charge in [-0.05, 0) is 55.9 Å². The van der Waals surface area contributed by atoms with Crippen molar-refractivity contribution in [1.29, 1.82) is 0 Å². The Kier molecular flexibility index (Phi) is 4.52. The van der Waals surface area contributed by atoms with Crippen LogP contribution in [0.5, 0.6) is 0 Å². The maximum absolute atomic E-state index is 12.4. The van der Waals surface area contributed by atoms with E-state index >= 15 is 0 Å². The van der Waals surface area contributed by atoms with E-state index in [0.29, 0.717) is 5.76 Å². The van der Waals surface area contributed by atoms with E-state index in [9.17, 15) is 9.59 Å². The largest absolute Gasteiger partial charge is 0.461 e. The molecule has 2 aliphatic rings. The standard InChI is InChI=1S/C19H20O3/c20-17(10-11-18(21)19-9-4-12-22-19)16-8-3-7-14-5-1-2-6-15(14)13-16/h3-4,8-9,12-13H,1-2,5-7,10-11H2. The second-order valence-electron chi connectivity index (χ2n) is 5.87. The number of carbonyl (C=O) groups is 2. The molecule has 2 aliphatic carbocycles. The molecule has 0 N–H and O–H groups in total. The number of rotatable bonds is 5. The fourth-order valence-corrected chi connectivity index (χ4v) is 3.07. The zero-order valence-corrected chi connectivity index (χ0v) is 12.6. The predicted octanol–water partition coefficient (Wildman–Crippen LogP) is 4.57. The number of allylic oxidation sites excluding steroid dienone is 6. The minimum Gasteiger partial charge on any atom is -0.461 e. The maximum atomic E-state index is 12.4. The van der Waals surface area contributed by atoms with Crippen LogP contribution in [0.3, 0.4) is 0 Å². The van der Waals surface area contributed by atoms with Crippen LogP contribution < -0.4 is 0 Å². The molecule has 0 saturated carbocycles. The summed E-state index contributed by atoms with van der Waals surface area (Å²) >= 11 is 0. The molecule has 1 aromatic rings. The lowest BCUT2D eigenvalue weighted by molar-refractivity contribution is -0.115. The van der Waals surface area contributed by atoms with Gasteiger partial charge in [-0.3, -0.25) is 9.59 Å². The molecule has 3 nitrogen and oxygen atoms in total. The van der Waals surface area contributed by atoms with E-state index in [1.54, 1.807) is 12.1 Å². The Hall–Kier alpha value is -2.16. The Bertz CT molecular complexity index is 657. The van der Waals surface area contributed by atoms with E-state index in [1.165, 1.54) is 30.3 Å². The second kappa shape index (κ2) is 6.73.